The van der Waals surface area contributed by atoms with Crippen molar-refractivity contribution in [1.29, 1.82) is 0 Å². The van der Waals surface area contributed by atoms with Gasteiger partial charge in [-0.1, -0.05) is 18.2 Å². The lowest BCUT2D eigenvalue weighted by molar-refractivity contribution is -0.0566. The molecule has 6 nitrogen and oxygen atoms in total. The van der Waals surface area contributed by atoms with Crippen molar-refractivity contribution in [2.24, 2.45) is 4.99 Å². The summed E-state index contributed by atoms with van der Waals surface area (Å²) >= 11 is 0. The Morgan fingerprint density at radius 3 is 2.58 bits per heavy atom. The molecule has 3 rings (SSSR count). The van der Waals surface area contributed by atoms with Crippen LogP contribution in [0.3, 0.4) is 0 Å². The second-order valence-corrected chi connectivity index (χ2v) is 7.27. The first kappa shape index (κ1) is 19.0. The molecule has 6 heteroatoms. The summed E-state index contributed by atoms with van der Waals surface area (Å²) in [6.07, 6.45) is 3.48. The molecule has 2 saturated heterocycles. The van der Waals surface area contributed by atoms with Gasteiger partial charge in [-0.3, -0.25) is 4.99 Å². The average molecular weight is 361 g/mol. The van der Waals surface area contributed by atoms with Crippen molar-refractivity contribution in [1.82, 2.24) is 10.6 Å². The van der Waals surface area contributed by atoms with E-state index in [2.05, 4.69) is 57.8 Å². The summed E-state index contributed by atoms with van der Waals surface area (Å²) in [4.78, 5) is 7.09. The predicted molar refractivity (Wildman–Crippen MR) is 106 cm³/mol. The number of hydrogen-bond acceptors (Lipinski definition) is 4. The first-order valence-electron chi connectivity index (χ1n) is 9.83. The number of rotatable bonds is 5. The molecule has 2 aliphatic heterocycles. The Hall–Kier alpha value is -1.79. The van der Waals surface area contributed by atoms with E-state index < -0.39 is 5.60 Å². The Morgan fingerprint density at radius 1 is 1.23 bits per heavy atom. The molecule has 0 atom stereocenters. The Balaban J connectivity index is 1.51. The maximum Gasteiger partial charge on any atom is 0.191 e. The minimum atomic E-state index is -0.725. The van der Waals surface area contributed by atoms with Gasteiger partial charge in [-0.05, 0) is 31.9 Å². The third-order valence-corrected chi connectivity index (χ3v) is 5.26. The van der Waals surface area contributed by atoms with Crippen molar-refractivity contribution >= 4 is 11.6 Å². The van der Waals surface area contributed by atoms with E-state index in [1.165, 1.54) is 5.69 Å². The Bertz CT molecular complexity index is 564. The largest absolute Gasteiger partial charge is 0.388 e. The van der Waals surface area contributed by atoms with E-state index in [4.69, 9.17) is 4.74 Å². The molecule has 0 unspecified atom stereocenters. The van der Waals surface area contributed by atoms with Crippen LogP contribution in [0.15, 0.2) is 35.3 Å². The molecule has 0 aliphatic carbocycles. The maximum absolute atomic E-state index is 10.6. The molecule has 0 radical (unpaired) electrons. The van der Waals surface area contributed by atoms with Crippen LogP contribution in [-0.2, 0) is 4.74 Å². The summed E-state index contributed by atoms with van der Waals surface area (Å²) in [6, 6.07) is 11.0. The molecule has 144 valence electrons. The van der Waals surface area contributed by atoms with Crippen LogP contribution >= 0.6 is 0 Å². The molecule has 0 saturated carbocycles. The molecular formula is C20H32N4O2. The van der Waals surface area contributed by atoms with E-state index in [-0.39, 0.29) is 0 Å². The fourth-order valence-corrected chi connectivity index (χ4v) is 3.57. The summed E-state index contributed by atoms with van der Waals surface area (Å²) in [5.74, 6) is 0.811. The Morgan fingerprint density at radius 2 is 1.92 bits per heavy atom. The lowest BCUT2D eigenvalue weighted by Crippen LogP contribution is -2.49. The van der Waals surface area contributed by atoms with Gasteiger partial charge in [0.1, 0.15) is 0 Å². The van der Waals surface area contributed by atoms with Gasteiger partial charge in [0, 0.05) is 57.4 Å². The molecule has 0 bridgehead atoms. The van der Waals surface area contributed by atoms with Gasteiger partial charge in [-0.2, -0.15) is 0 Å². The summed E-state index contributed by atoms with van der Waals surface area (Å²) < 4.78 is 5.34. The van der Waals surface area contributed by atoms with Crippen molar-refractivity contribution in [2.45, 2.75) is 44.2 Å². The predicted octanol–water partition coefficient (Wildman–Crippen LogP) is 1.75. The van der Waals surface area contributed by atoms with Gasteiger partial charge in [0.15, 0.2) is 5.96 Å². The van der Waals surface area contributed by atoms with E-state index in [1.54, 1.807) is 0 Å². The van der Waals surface area contributed by atoms with Crippen LogP contribution in [0.4, 0.5) is 5.69 Å². The standard InChI is InChI=1S/C20H32N4O2/c1-2-21-19(22-16-20(25)10-14-26-15-11-20)23-17-8-12-24(13-9-17)18-6-4-3-5-7-18/h3-7,17,25H,2,8-16H2,1H3,(H2,21,22,23). The molecule has 26 heavy (non-hydrogen) atoms. The van der Waals surface area contributed by atoms with Gasteiger partial charge >= 0.3 is 0 Å². The first-order chi connectivity index (χ1) is 12.7. The fourth-order valence-electron chi connectivity index (χ4n) is 3.57. The van der Waals surface area contributed by atoms with E-state index in [0.29, 0.717) is 38.6 Å². The smallest absolute Gasteiger partial charge is 0.191 e. The fraction of sp³-hybridized carbons (Fsp3) is 0.650. The first-order valence-corrected chi connectivity index (χ1v) is 9.83. The minimum absolute atomic E-state index is 0.414. The van der Waals surface area contributed by atoms with Crippen molar-refractivity contribution in [3.63, 3.8) is 0 Å². The number of benzene rings is 1. The molecule has 0 aromatic heterocycles. The van der Waals surface area contributed by atoms with Crippen molar-refractivity contribution in [2.75, 3.05) is 44.3 Å². The van der Waals surface area contributed by atoms with Crippen molar-refractivity contribution in [3.05, 3.63) is 30.3 Å². The van der Waals surface area contributed by atoms with Gasteiger partial charge in [-0.25, -0.2) is 0 Å². The molecule has 0 amide bonds. The number of hydrogen-bond donors (Lipinski definition) is 3. The van der Waals surface area contributed by atoms with Crippen LogP contribution in [0.1, 0.15) is 32.6 Å². The van der Waals surface area contributed by atoms with Crippen molar-refractivity contribution < 1.29 is 9.84 Å². The number of nitrogens with zero attached hydrogens (tertiary/aromatic N) is 2. The number of ether oxygens (including phenoxy) is 1. The lowest BCUT2D eigenvalue weighted by Gasteiger charge is -2.35. The molecule has 1 aromatic rings. The second-order valence-electron chi connectivity index (χ2n) is 7.27. The lowest BCUT2D eigenvalue weighted by atomic mass is 9.95. The maximum atomic E-state index is 10.6. The molecule has 2 fully saturated rings. The summed E-state index contributed by atoms with van der Waals surface area (Å²) in [5, 5.41) is 17.5. The number of piperidine rings is 1. The summed E-state index contributed by atoms with van der Waals surface area (Å²) in [7, 11) is 0. The van der Waals surface area contributed by atoms with Crippen molar-refractivity contribution in [3.8, 4) is 0 Å². The van der Waals surface area contributed by atoms with Gasteiger partial charge < -0.3 is 25.4 Å². The third kappa shape index (κ3) is 5.35. The van der Waals surface area contributed by atoms with Gasteiger partial charge in [0.25, 0.3) is 0 Å². The van der Waals surface area contributed by atoms with Crippen LogP contribution in [0, 0.1) is 0 Å². The summed E-state index contributed by atoms with van der Waals surface area (Å²) in [6.45, 7) is 6.63. The number of nitrogens with one attached hydrogen (secondary N) is 2. The highest BCUT2D eigenvalue weighted by Gasteiger charge is 2.29. The molecule has 3 N–H and O–H groups in total. The molecule has 0 spiro atoms. The van der Waals surface area contributed by atoms with E-state index in [0.717, 1.165) is 38.4 Å². The van der Waals surface area contributed by atoms with Gasteiger partial charge in [-0.15, -0.1) is 0 Å². The number of guanidine groups is 1. The molecular weight excluding hydrogens is 328 g/mol. The zero-order valence-electron chi connectivity index (χ0n) is 15.8. The van der Waals surface area contributed by atoms with E-state index in [9.17, 15) is 5.11 Å². The topological polar surface area (TPSA) is 69.1 Å². The molecule has 2 heterocycles. The monoisotopic (exact) mass is 360 g/mol. The number of para-hydroxylation sites is 1. The highest BCUT2D eigenvalue weighted by atomic mass is 16.5. The van der Waals surface area contributed by atoms with Crippen LogP contribution in [0.5, 0.6) is 0 Å². The minimum Gasteiger partial charge on any atom is -0.388 e. The SMILES string of the molecule is CCNC(=NCC1(O)CCOCC1)NC1CCN(c2ccccc2)CC1. The number of anilines is 1. The number of aliphatic hydroxyl groups is 1. The quantitative estimate of drug-likeness (QED) is 0.551. The Kier molecular flexibility index (Phi) is 6.74. The van der Waals surface area contributed by atoms with Crippen LogP contribution in [-0.4, -0.2) is 62.1 Å². The molecule has 1 aromatic carbocycles. The van der Waals surface area contributed by atoms with Crippen LogP contribution in [0.25, 0.3) is 0 Å². The average Bonchev–Trinajstić information content (AvgIpc) is 2.68. The third-order valence-electron chi connectivity index (χ3n) is 5.26. The van der Waals surface area contributed by atoms with Crippen LogP contribution < -0.4 is 15.5 Å². The zero-order chi connectivity index (χ0) is 18.2. The van der Waals surface area contributed by atoms with E-state index >= 15 is 0 Å². The summed E-state index contributed by atoms with van der Waals surface area (Å²) in [5.41, 5.74) is 0.574. The zero-order valence-corrected chi connectivity index (χ0v) is 15.8. The van der Waals surface area contributed by atoms with Gasteiger partial charge in [0.05, 0.1) is 12.1 Å². The second kappa shape index (κ2) is 9.24. The highest BCUT2D eigenvalue weighted by Crippen LogP contribution is 2.21. The molecule has 2 aliphatic rings. The Labute approximate surface area is 156 Å². The number of aliphatic imine (C=N–C) groups is 1. The van der Waals surface area contributed by atoms with E-state index in [1.807, 2.05) is 0 Å². The van der Waals surface area contributed by atoms with Crippen LogP contribution in [0.2, 0.25) is 0 Å². The highest BCUT2D eigenvalue weighted by molar-refractivity contribution is 5.80. The van der Waals surface area contributed by atoms with Gasteiger partial charge in [0.2, 0.25) is 0 Å². The normalized spacial score (nSPS) is 21.5.